The standard InChI is InChI=1S/C2H2BrO/c3-1-2-4/h1H2/i1D. The van der Waals surface area contributed by atoms with Gasteiger partial charge in [-0.1, -0.05) is 15.9 Å². The molecule has 1 unspecified atom stereocenters. The van der Waals surface area contributed by atoms with E-state index in [0.29, 0.717) is 0 Å². The maximum absolute atomic E-state index is 9.15. The number of halogens is 1. The molecule has 0 fully saturated rings. The van der Waals surface area contributed by atoms with Crippen molar-refractivity contribution in [2.24, 2.45) is 0 Å². The average molecular weight is 123 g/mol. The average Bonchev–Trinajstić information content (AvgIpc) is 1.38. The van der Waals surface area contributed by atoms with E-state index >= 15 is 0 Å². The Morgan fingerprint density at radius 2 is 2.75 bits per heavy atom. The summed E-state index contributed by atoms with van der Waals surface area (Å²) in [5.74, 6) is 0. The van der Waals surface area contributed by atoms with Gasteiger partial charge in [0, 0.05) is 1.37 Å². The second-order valence-electron chi connectivity index (χ2n) is 0.227. The van der Waals surface area contributed by atoms with Gasteiger partial charge < -0.3 is 0 Å². The molecule has 0 aromatic rings. The van der Waals surface area contributed by atoms with E-state index in [1.807, 2.05) is 0 Å². The molecular weight excluding hydrogens is 120 g/mol. The van der Waals surface area contributed by atoms with Gasteiger partial charge in [-0.25, -0.2) is 0 Å². The normalized spacial score (nSPS) is 17.8. The summed E-state index contributed by atoms with van der Waals surface area (Å²) >= 11 is 2.62. The fourth-order valence-electron chi connectivity index (χ4n) is 0. The van der Waals surface area contributed by atoms with Crippen molar-refractivity contribution in [3.05, 3.63) is 0 Å². The molecule has 0 aliphatic carbocycles. The Morgan fingerprint density at radius 1 is 2.50 bits per heavy atom. The Morgan fingerprint density at radius 3 is 2.75 bits per heavy atom. The smallest absolute Gasteiger partial charge is 0.209 e. The molecule has 0 N–H and O–H groups in total. The fourth-order valence-corrected chi connectivity index (χ4v) is 0. The van der Waals surface area contributed by atoms with Gasteiger partial charge in [0.2, 0.25) is 6.29 Å². The topological polar surface area (TPSA) is 17.1 Å². The molecular formula is C2H2BrO. The Kier molecular flexibility index (Phi) is 1.88. The first-order valence-corrected chi connectivity index (χ1v) is 1.63. The summed E-state index contributed by atoms with van der Waals surface area (Å²) in [4.78, 5) is 9.15. The molecule has 23 valence electrons. The number of hydrogen-bond acceptors (Lipinski definition) is 1. The lowest BCUT2D eigenvalue weighted by Gasteiger charge is -1.46. The van der Waals surface area contributed by atoms with Crippen LogP contribution in [0.3, 0.4) is 0 Å². The summed E-state index contributed by atoms with van der Waals surface area (Å²) in [5, 5.41) is -0.859. The van der Waals surface area contributed by atoms with Crippen LogP contribution in [0.25, 0.3) is 0 Å². The molecule has 0 aromatic carbocycles. The highest BCUT2D eigenvalue weighted by atomic mass is 79.9. The van der Waals surface area contributed by atoms with E-state index in [1.54, 1.807) is 0 Å². The molecule has 1 radical (unpaired) electrons. The van der Waals surface area contributed by atoms with Gasteiger partial charge >= 0.3 is 0 Å². The molecule has 4 heavy (non-hydrogen) atoms. The van der Waals surface area contributed by atoms with Crippen LogP contribution in [0, 0.1) is 0 Å². The summed E-state index contributed by atoms with van der Waals surface area (Å²) in [7, 11) is 0. The van der Waals surface area contributed by atoms with Crippen LogP contribution in [0.15, 0.2) is 0 Å². The van der Waals surface area contributed by atoms with Crippen molar-refractivity contribution in [3.63, 3.8) is 0 Å². The highest BCUT2D eigenvalue weighted by molar-refractivity contribution is 9.09. The number of rotatable bonds is 1. The molecule has 0 bridgehead atoms. The highest BCUT2D eigenvalue weighted by Gasteiger charge is 1.58. The van der Waals surface area contributed by atoms with Crippen LogP contribution in [0.5, 0.6) is 0 Å². The van der Waals surface area contributed by atoms with Crippen LogP contribution >= 0.6 is 15.9 Å². The number of carbonyl (C=O) groups excluding carboxylic acids is 1. The molecule has 1 nitrogen and oxygen atoms in total. The first-order valence-electron chi connectivity index (χ1n) is 1.29. The Balaban J connectivity index is 2.83. The minimum Gasteiger partial charge on any atom is -0.290 e. The van der Waals surface area contributed by atoms with Crippen molar-refractivity contribution in [1.82, 2.24) is 0 Å². The first kappa shape index (κ1) is 2.39. The summed E-state index contributed by atoms with van der Waals surface area (Å²) in [5.41, 5.74) is 0. The zero-order valence-electron chi connectivity index (χ0n) is 2.86. The van der Waals surface area contributed by atoms with E-state index in [-0.39, 0.29) is 0 Å². The molecule has 0 heterocycles. The van der Waals surface area contributed by atoms with Gasteiger partial charge in [0.25, 0.3) is 0 Å². The van der Waals surface area contributed by atoms with Gasteiger partial charge in [-0.2, -0.15) is 0 Å². The number of hydrogen-bond donors (Lipinski definition) is 0. The lowest BCUT2D eigenvalue weighted by atomic mass is 11.0. The molecule has 0 saturated heterocycles. The lowest BCUT2D eigenvalue weighted by molar-refractivity contribution is 0.561. The van der Waals surface area contributed by atoms with Gasteiger partial charge in [0.15, 0.2) is 0 Å². The van der Waals surface area contributed by atoms with Crippen LogP contribution in [0.2, 0.25) is 0 Å². The molecule has 0 spiro atoms. The fraction of sp³-hybridized carbons (Fsp3) is 0.500. The van der Waals surface area contributed by atoms with E-state index < -0.39 is 5.31 Å². The Hall–Kier alpha value is 0.150. The second kappa shape index (κ2) is 3.15. The minimum atomic E-state index is -0.859. The quantitative estimate of drug-likeness (QED) is 0.463. The van der Waals surface area contributed by atoms with Crippen molar-refractivity contribution in [2.75, 3.05) is 5.31 Å². The summed E-state index contributed by atoms with van der Waals surface area (Å²) in [6, 6.07) is 0. The van der Waals surface area contributed by atoms with Crippen molar-refractivity contribution < 1.29 is 6.17 Å². The lowest BCUT2D eigenvalue weighted by Crippen LogP contribution is -1.61. The van der Waals surface area contributed by atoms with Gasteiger partial charge in [0.05, 0.1) is 5.31 Å². The van der Waals surface area contributed by atoms with Gasteiger partial charge in [-0.15, -0.1) is 0 Å². The molecule has 1 atom stereocenters. The van der Waals surface area contributed by atoms with Crippen molar-refractivity contribution >= 4 is 22.2 Å². The van der Waals surface area contributed by atoms with Crippen LogP contribution in [-0.2, 0) is 4.79 Å². The Labute approximate surface area is 34.5 Å². The van der Waals surface area contributed by atoms with E-state index in [9.17, 15) is 0 Å². The summed E-state index contributed by atoms with van der Waals surface area (Å²) < 4.78 is 6.32. The molecule has 0 aliphatic heterocycles. The zero-order chi connectivity index (χ0) is 4.28. The molecule has 0 saturated carbocycles. The number of alkyl halides is 1. The molecule has 0 aliphatic rings. The van der Waals surface area contributed by atoms with Crippen LogP contribution in [0.1, 0.15) is 1.37 Å². The third kappa shape index (κ3) is 2.15. The van der Waals surface area contributed by atoms with Crippen molar-refractivity contribution in [2.45, 2.75) is 0 Å². The zero-order valence-corrected chi connectivity index (χ0v) is 3.45. The SMILES string of the molecule is [2H]C(Br)[C]=O. The van der Waals surface area contributed by atoms with E-state index in [0.717, 1.165) is 0 Å². The summed E-state index contributed by atoms with van der Waals surface area (Å²) in [6.07, 6.45) is 1.36. The maximum Gasteiger partial charge on any atom is 0.209 e. The third-order valence-electron chi connectivity index (χ3n) is 0.0445. The predicted octanol–water partition coefficient (Wildman–Crippen LogP) is 0.491. The molecule has 0 amide bonds. The molecule has 0 rings (SSSR count). The Bertz CT molecular complexity index is 36.6. The second-order valence-corrected chi connectivity index (χ2v) is 0.685. The maximum atomic E-state index is 9.15. The van der Waals surface area contributed by atoms with Crippen LogP contribution in [0.4, 0.5) is 0 Å². The van der Waals surface area contributed by atoms with E-state index in [2.05, 4.69) is 15.9 Å². The molecule has 2 heteroatoms. The third-order valence-corrected chi connectivity index (χ3v) is 0.231. The van der Waals surface area contributed by atoms with E-state index in [4.69, 9.17) is 6.17 Å². The van der Waals surface area contributed by atoms with Gasteiger partial charge in [-0.05, 0) is 0 Å². The van der Waals surface area contributed by atoms with Crippen LogP contribution in [-0.4, -0.2) is 11.6 Å². The summed E-state index contributed by atoms with van der Waals surface area (Å²) in [6.45, 7) is 0. The monoisotopic (exact) mass is 122 g/mol. The minimum absolute atomic E-state index is 0.859. The molecule has 0 aromatic heterocycles. The van der Waals surface area contributed by atoms with Crippen LogP contribution < -0.4 is 0 Å². The van der Waals surface area contributed by atoms with Gasteiger partial charge in [-0.3, -0.25) is 4.79 Å². The largest absolute Gasteiger partial charge is 0.290 e. The first-order chi connectivity index (χ1) is 2.27. The van der Waals surface area contributed by atoms with Crippen molar-refractivity contribution in [3.8, 4) is 0 Å². The van der Waals surface area contributed by atoms with E-state index in [1.165, 1.54) is 6.29 Å². The highest BCUT2D eigenvalue weighted by Crippen LogP contribution is 1.65. The van der Waals surface area contributed by atoms with Gasteiger partial charge in [0.1, 0.15) is 0 Å². The predicted molar refractivity (Wildman–Crippen MR) is 19.5 cm³/mol. The van der Waals surface area contributed by atoms with Crippen molar-refractivity contribution in [1.29, 1.82) is 0 Å².